The fraction of sp³-hybridized carbons (Fsp3) is 0.538. The Morgan fingerprint density at radius 3 is 2.56 bits per heavy atom. The molecule has 36 heavy (non-hydrogen) atoms. The molecule has 1 aromatic carbocycles. The topological polar surface area (TPSA) is 123 Å². The molecule has 1 saturated carbocycles. The summed E-state index contributed by atoms with van der Waals surface area (Å²) in [5, 5.41) is 10.9. The third-order valence-corrected chi connectivity index (χ3v) is 7.33. The van der Waals surface area contributed by atoms with Crippen LogP contribution in [-0.4, -0.2) is 47.8 Å². The molecule has 3 aliphatic rings. The lowest BCUT2D eigenvalue weighted by Gasteiger charge is -2.53. The average molecular weight is 502 g/mol. The van der Waals surface area contributed by atoms with Crippen molar-refractivity contribution in [1.82, 2.24) is 0 Å². The van der Waals surface area contributed by atoms with Gasteiger partial charge < -0.3 is 23.7 Å². The van der Waals surface area contributed by atoms with Crippen molar-refractivity contribution in [3.8, 4) is 0 Å². The van der Waals surface area contributed by atoms with Crippen LogP contribution >= 0.6 is 0 Å². The number of hydrogen-bond acceptors (Lipinski definition) is 9. The van der Waals surface area contributed by atoms with Gasteiger partial charge in [0.1, 0.15) is 18.5 Å². The number of fused-ring (bicyclic) bond motifs is 3. The van der Waals surface area contributed by atoms with Gasteiger partial charge in [0, 0.05) is 36.3 Å². The molecule has 0 radical (unpaired) electrons. The molecule has 10 heteroatoms. The predicted octanol–water partition coefficient (Wildman–Crippen LogP) is 5.07. The fourth-order valence-electron chi connectivity index (χ4n) is 5.68. The number of esters is 1. The van der Waals surface area contributed by atoms with Crippen LogP contribution < -0.4 is 0 Å². The number of non-ortho nitro benzene ring substituents is 1. The van der Waals surface area contributed by atoms with Crippen LogP contribution in [0.1, 0.15) is 57.3 Å². The first-order valence-electron chi connectivity index (χ1n) is 11.9. The van der Waals surface area contributed by atoms with Gasteiger partial charge in [-0.25, -0.2) is 9.59 Å². The van der Waals surface area contributed by atoms with Crippen LogP contribution in [0.3, 0.4) is 0 Å². The van der Waals surface area contributed by atoms with Crippen molar-refractivity contribution >= 4 is 17.8 Å². The third kappa shape index (κ3) is 4.87. The van der Waals surface area contributed by atoms with Crippen molar-refractivity contribution in [1.29, 1.82) is 0 Å². The Morgan fingerprint density at radius 2 is 1.92 bits per heavy atom. The molecule has 0 unspecified atom stereocenters. The van der Waals surface area contributed by atoms with Crippen LogP contribution in [0.2, 0.25) is 0 Å². The summed E-state index contributed by atoms with van der Waals surface area (Å²) in [6.07, 6.45) is 0.946. The summed E-state index contributed by atoms with van der Waals surface area (Å²) in [7, 11) is 0. The zero-order valence-corrected chi connectivity index (χ0v) is 20.9. The van der Waals surface area contributed by atoms with Crippen molar-refractivity contribution in [2.24, 2.45) is 11.3 Å². The molecule has 194 valence electrons. The van der Waals surface area contributed by atoms with Crippen LogP contribution in [0.15, 0.2) is 48.3 Å². The molecule has 1 aromatic rings. The largest absolute Gasteiger partial charge is 0.513 e. The number of carbonyl (C=O) groups is 2. The Bertz CT molecular complexity index is 1090. The van der Waals surface area contributed by atoms with Gasteiger partial charge >= 0.3 is 12.1 Å². The first kappa shape index (κ1) is 25.8. The maximum atomic E-state index is 13.1. The van der Waals surface area contributed by atoms with Crippen molar-refractivity contribution < 1.29 is 38.2 Å². The number of hydrogen-bond donors (Lipinski definition) is 0. The van der Waals surface area contributed by atoms with E-state index in [1.807, 2.05) is 27.7 Å². The van der Waals surface area contributed by atoms with Crippen molar-refractivity contribution in [3.05, 3.63) is 63.9 Å². The van der Waals surface area contributed by atoms with Crippen LogP contribution in [0.5, 0.6) is 0 Å². The molecule has 4 rings (SSSR count). The van der Waals surface area contributed by atoms with Crippen molar-refractivity contribution in [3.63, 3.8) is 0 Å². The van der Waals surface area contributed by atoms with Gasteiger partial charge in [-0.1, -0.05) is 19.6 Å². The fourth-order valence-corrected chi connectivity index (χ4v) is 5.68. The van der Waals surface area contributed by atoms with Crippen molar-refractivity contribution in [2.45, 2.75) is 71.1 Å². The summed E-state index contributed by atoms with van der Waals surface area (Å²) < 4.78 is 29.0. The molecule has 1 saturated heterocycles. The molecule has 2 fully saturated rings. The molecule has 0 aromatic heterocycles. The Hall–Kier alpha value is -3.24. The van der Waals surface area contributed by atoms with E-state index in [-0.39, 0.29) is 36.0 Å². The second-order valence-electron chi connectivity index (χ2n) is 10.1. The summed E-state index contributed by atoms with van der Waals surface area (Å²) in [5.41, 5.74) is 0.420. The SMILES string of the molecule is C=CCOC(=O)OC1=C(C)[C@H]2[C@@H]3OC(C)(C)O[C@H]3C[C@@H](OC(=O)c3ccc([N+](=O)[O-])cc3)[C@]2(C)CC1. The first-order chi connectivity index (χ1) is 16.9. The molecule has 0 spiro atoms. The van der Waals surface area contributed by atoms with E-state index in [0.29, 0.717) is 25.0 Å². The summed E-state index contributed by atoms with van der Waals surface area (Å²) in [4.78, 5) is 35.6. The van der Waals surface area contributed by atoms with Gasteiger partial charge in [-0.3, -0.25) is 10.1 Å². The highest BCUT2D eigenvalue weighted by molar-refractivity contribution is 5.89. The normalized spacial score (nSPS) is 30.6. The van der Waals surface area contributed by atoms with Crippen molar-refractivity contribution in [2.75, 3.05) is 6.61 Å². The molecule has 10 nitrogen and oxygen atoms in total. The highest BCUT2D eigenvalue weighted by Gasteiger charge is 2.61. The van der Waals surface area contributed by atoms with E-state index < -0.39 is 34.4 Å². The quantitative estimate of drug-likeness (QED) is 0.227. The van der Waals surface area contributed by atoms with E-state index in [0.717, 1.165) is 5.57 Å². The van der Waals surface area contributed by atoms with E-state index in [1.165, 1.54) is 30.3 Å². The van der Waals surface area contributed by atoms with Gasteiger partial charge in [0.25, 0.3) is 5.69 Å². The van der Waals surface area contributed by atoms with Gasteiger partial charge in [0.15, 0.2) is 5.79 Å². The van der Waals surface area contributed by atoms with Gasteiger partial charge in [-0.15, -0.1) is 0 Å². The highest BCUT2D eigenvalue weighted by atomic mass is 16.8. The minimum Gasteiger partial charge on any atom is -0.458 e. The van der Waals surface area contributed by atoms with Gasteiger partial charge in [0.2, 0.25) is 0 Å². The van der Waals surface area contributed by atoms with Gasteiger partial charge in [-0.2, -0.15) is 0 Å². The Morgan fingerprint density at radius 1 is 1.22 bits per heavy atom. The number of nitro groups is 1. The maximum Gasteiger partial charge on any atom is 0.513 e. The molecule has 1 aliphatic heterocycles. The van der Waals surface area contributed by atoms with Crippen LogP contribution in [0.25, 0.3) is 0 Å². The predicted molar refractivity (Wildman–Crippen MR) is 127 cm³/mol. The second-order valence-corrected chi connectivity index (χ2v) is 10.1. The number of carbonyl (C=O) groups excluding carboxylic acids is 2. The smallest absolute Gasteiger partial charge is 0.458 e. The molecule has 0 N–H and O–H groups in total. The molecular weight excluding hydrogens is 470 g/mol. The minimum absolute atomic E-state index is 0.0445. The van der Waals surface area contributed by atoms with E-state index in [1.54, 1.807) is 0 Å². The standard InChI is InChI=1S/C26H31NO9/c1-6-13-32-24(29)33-18-11-12-26(5)20(34-23(28)16-7-9-17(10-8-16)27(30)31)14-19-22(21(26)15(18)2)36-25(3,4)35-19/h6-10,19-22H,1,11-14H2,2-5H3/t19-,20+,21-,22+,26-/m0/s1. The molecule has 2 aliphatic carbocycles. The molecule has 0 bridgehead atoms. The lowest BCUT2D eigenvalue weighted by molar-refractivity contribution is -0.384. The van der Waals surface area contributed by atoms with Gasteiger partial charge in [0.05, 0.1) is 22.7 Å². The second kappa shape index (κ2) is 9.67. The Balaban J connectivity index is 1.62. The van der Waals surface area contributed by atoms with Crippen LogP contribution in [-0.2, 0) is 23.7 Å². The van der Waals surface area contributed by atoms with Crippen LogP contribution in [0.4, 0.5) is 10.5 Å². The molecule has 0 amide bonds. The summed E-state index contributed by atoms with van der Waals surface area (Å²) in [5.74, 6) is -1.12. The lowest BCUT2D eigenvalue weighted by Crippen LogP contribution is -2.57. The maximum absolute atomic E-state index is 13.1. The zero-order valence-electron chi connectivity index (χ0n) is 20.9. The summed E-state index contributed by atoms with van der Waals surface area (Å²) in [6.45, 7) is 11.2. The van der Waals surface area contributed by atoms with Gasteiger partial charge in [-0.05, 0) is 44.9 Å². The number of benzene rings is 1. The molecular formula is C26H31NO9. The average Bonchev–Trinajstić information content (AvgIpc) is 3.13. The highest BCUT2D eigenvalue weighted by Crippen LogP contribution is 2.57. The number of nitrogens with zero attached hydrogens (tertiary/aromatic N) is 1. The summed E-state index contributed by atoms with van der Waals surface area (Å²) >= 11 is 0. The van der Waals surface area contributed by atoms with E-state index in [9.17, 15) is 19.7 Å². The minimum atomic E-state index is -0.824. The third-order valence-electron chi connectivity index (χ3n) is 7.33. The van der Waals surface area contributed by atoms with E-state index in [2.05, 4.69) is 6.58 Å². The number of ether oxygens (including phenoxy) is 5. The number of nitro benzene ring substituents is 1. The summed E-state index contributed by atoms with van der Waals surface area (Å²) in [6, 6.07) is 5.32. The molecule has 1 heterocycles. The lowest BCUT2D eigenvalue weighted by atomic mass is 9.56. The first-order valence-corrected chi connectivity index (χ1v) is 11.9. The Kier molecular flexibility index (Phi) is 6.94. The zero-order chi connectivity index (χ0) is 26.3. The van der Waals surface area contributed by atoms with Crippen LogP contribution in [0, 0.1) is 21.4 Å². The number of allylic oxidation sites excluding steroid dienone is 1. The number of rotatable bonds is 6. The van der Waals surface area contributed by atoms with E-state index in [4.69, 9.17) is 23.7 Å². The van der Waals surface area contributed by atoms with E-state index >= 15 is 0 Å². The molecule has 5 atom stereocenters. The monoisotopic (exact) mass is 501 g/mol. The Labute approximate surface area is 209 Å².